The van der Waals surface area contributed by atoms with E-state index in [-0.39, 0.29) is 5.91 Å². The number of aryl methyl sites for hydroxylation is 2. The zero-order chi connectivity index (χ0) is 14.6. The van der Waals surface area contributed by atoms with Crippen LogP contribution in [0, 0.1) is 17.8 Å². The van der Waals surface area contributed by atoms with Gasteiger partial charge >= 0.3 is 0 Å². The number of hydrogen-bond acceptors (Lipinski definition) is 2. The molecule has 0 aromatic carbocycles. The molecule has 1 aromatic heterocycles. The van der Waals surface area contributed by atoms with E-state index in [1.165, 1.54) is 0 Å². The lowest BCUT2D eigenvalue weighted by Gasteiger charge is -2.25. The number of nitrogens with zero attached hydrogens (tertiary/aromatic N) is 2. The highest BCUT2D eigenvalue weighted by Crippen LogP contribution is 2.19. The van der Waals surface area contributed by atoms with Gasteiger partial charge in [0, 0.05) is 19.8 Å². The maximum Gasteiger partial charge on any atom is 0.254 e. The second-order valence-corrected chi connectivity index (χ2v) is 5.88. The van der Waals surface area contributed by atoms with Crippen molar-refractivity contribution in [2.45, 2.75) is 41.0 Å². The van der Waals surface area contributed by atoms with Crippen LogP contribution < -0.4 is 5.32 Å². The van der Waals surface area contributed by atoms with E-state index >= 15 is 0 Å². The molecule has 0 atom stereocenters. The van der Waals surface area contributed by atoms with Gasteiger partial charge in [-0.2, -0.15) is 5.10 Å². The van der Waals surface area contributed by atoms with Gasteiger partial charge in [-0.25, -0.2) is 0 Å². The van der Waals surface area contributed by atoms with Crippen molar-refractivity contribution >= 4 is 5.91 Å². The molecule has 4 heteroatoms. The molecule has 0 spiro atoms. The summed E-state index contributed by atoms with van der Waals surface area (Å²) in [7, 11) is 1.85. The second-order valence-electron chi connectivity index (χ2n) is 5.88. The molecule has 1 amide bonds. The number of carbonyl (C=O) groups excluding carboxylic acids is 1. The molecule has 4 nitrogen and oxygen atoms in total. The smallest absolute Gasteiger partial charge is 0.254 e. The molecule has 0 saturated carbocycles. The van der Waals surface area contributed by atoms with Crippen molar-refractivity contribution in [2.24, 2.45) is 24.8 Å². The summed E-state index contributed by atoms with van der Waals surface area (Å²) in [5.74, 6) is 1.64. The van der Waals surface area contributed by atoms with Crippen LogP contribution in [-0.2, 0) is 13.5 Å². The second kappa shape index (κ2) is 6.73. The van der Waals surface area contributed by atoms with Crippen LogP contribution >= 0.6 is 0 Å². The molecule has 1 rings (SSSR count). The number of rotatable bonds is 6. The molecule has 1 heterocycles. The number of aromatic nitrogens is 2. The number of amides is 1. The third kappa shape index (κ3) is 4.08. The topological polar surface area (TPSA) is 46.9 Å². The van der Waals surface area contributed by atoms with E-state index in [9.17, 15) is 4.79 Å². The fourth-order valence-corrected chi connectivity index (χ4v) is 2.53. The van der Waals surface area contributed by atoms with E-state index in [4.69, 9.17) is 0 Å². The van der Waals surface area contributed by atoms with E-state index in [1.807, 2.05) is 14.0 Å². The van der Waals surface area contributed by atoms with Crippen LogP contribution in [0.3, 0.4) is 0 Å². The van der Waals surface area contributed by atoms with Crippen LogP contribution in [0.25, 0.3) is 0 Å². The molecular formula is C15H27N3O. The predicted octanol–water partition coefficient (Wildman–Crippen LogP) is 2.64. The Bertz CT molecular complexity index is 413. The highest BCUT2D eigenvalue weighted by molar-refractivity contribution is 5.95. The maximum atomic E-state index is 12.2. The van der Waals surface area contributed by atoms with E-state index in [1.54, 1.807) is 10.9 Å². The van der Waals surface area contributed by atoms with Gasteiger partial charge in [-0.05, 0) is 24.2 Å². The van der Waals surface area contributed by atoms with Gasteiger partial charge in [0.1, 0.15) is 0 Å². The van der Waals surface area contributed by atoms with Gasteiger partial charge in [0.25, 0.3) is 5.91 Å². The molecule has 1 aromatic rings. The van der Waals surface area contributed by atoms with E-state index in [0.717, 1.165) is 18.7 Å². The Morgan fingerprint density at radius 1 is 1.32 bits per heavy atom. The van der Waals surface area contributed by atoms with Crippen LogP contribution in [0.15, 0.2) is 6.20 Å². The highest BCUT2D eigenvalue weighted by atomic mass is 16.1. The quantitative estimate of drug-likeness (QED) is 0.859. The monoisotopic (exact) mass is 265 g/mol. The van der Waals surface area contributed by atoms with Crippen molar-refractivity contribution in [3.05, 3.63) is 17.5 Å². The standard InChI is InChI=1S/C15H27N3O/c1-7-14-13(9-18(6)17-14)15(19)16-8-12(10(2)3)11(4)5/h9-12H,7-8H2,1-6H3,(H,16,19). The summed E-state index contributed by atoms with van der Waals surface area (Å²) in [6.45, 7) is 11.6. The zero-order valence-electron chi connectivity index (χ0n) is 13.0. The molecule has 108 valence electrons. The lowest BCUT2D eigenvalue weighted by molar-refractivity contribution is 0.0936. The fraction of sp³-hybridized carbons (Fsp3) is 0.733. The molecule has 0 unspecified atom stereocenters. The van der Waals surface area contributed by atoms with E-state index < -0.39 is 0 Å². The third-order valence-corrected chi connectivity index (χ3v) is 3.70. The summed E-state index contributed by atoms with van der Waals surface area (Å²) < 4.78 is 1.70. The van der Waals surface area contributed by atoms with Crippen LogP contribution in [0.4, 0.5) is 0 Å². The minimum atomic E-state index is -0.00347. The lowest BCUT2D eigenvalue weighted by atomic mass is 9.85. The summed E-state index contributed by atoms with van der Waals surface area (Å²) in [5.41, 5.74) is 1.57. The molecule has 19 heavy (non-hydrogen) atoms. The maximum absolute atomic E-state index is 12.2. The Morgan fingerprint density at radius 3 is 2.37 bits per heavy atom. The summed E-state index contributed by atoms with van der Waals surface area (Å²) in [5, 5.41) is 7.36. The van der Waals surface area contributed by atoms with Crippen LogP contribution in [0.1, 0.15) is 50.7 Å². The van der Waals surface area contributed by atoms with Gasteiger partial charge in [0.15, 0.2) is 0 Å². The van der Waals surface area contributed by atoms with E-state index in [2.05, 4.69) is 38.1 Å². The molecule has 0 saturated heterocycles. The molecule has 0 bridgehead atoms. The van der Waals surface area contributed by atoms with Crippen molar-refractivity contribution in [2.75, 3.05) is 6.54 Å². The molecule has 1 N–H and O–H groups in total. The van der Waals surface area contributed by atoms with Gasteiger partial charge in [0.2, 0.25) is 0 Å². The summed E-state index contributed by atoms with van der Waals surface area (Å²) in [6, 6.07) is 0. The van der Waals surface area contributed by atoms with Gasteiger partial charge < -0.3 is 5.32 Å². The highest BCUT2D eigenvalue weighted by Gasteiger charge is 2.20. The van der Waals surface area contributed by atoms with Crippen molar-refractivity contribution < 1.29 is 4.79 Å². The first kappa shape index (κ1) is 15.7. The largest absolute Gasteiger partial charge is 0.352 e. The average molecular weight is 265 g/mol. The number of hydrogen-bond donors (Lipinski definition) is 1. The molecule has 0 aliphatic rings. The summed E-state index contributed by atoms with van der Waals surface area (Å²) >= 11 is 0. The molecule has 0 radical (unpaired) electrons. The van der Waals surface area contributed by atoms with Crippen LogP contribution in [-0.4, -0.2) is 22.2 Å². The van der Waals surface area contributed by atoms with Crippen molar-refractivity contribution in [3.8, 4) is 0 Å². The van der Waals surface area contributed by atoms with E-state index in [0.29, 0.717) is 23.3 Å². The Hall–Kier alpha value is -1.32. The first-order valence-corrected chi connectivity index (χ1v) is 7.17. The predicted molar refractivity (Wildman–Crippen MR) is 78.1 cm³/mol. The van der Waals surface area contributed by atoms with Gasteiger partial charge in [-0.3, -0.25) is 9.48 Å². The Labute approximate surface area is 116 Å². The van der Waals surface area contributed by atoms with Crippen LogP contribution in [0.5, 0.6) is 0 Å². The molecule has 0 fully saturated rings. The van der Waals surface area contributed by atoms with Crippen molar-refractivity contribution in [1.29, 1.82) is 0 Å². The van der Waals surface area contributed by atoms with Crippen LogP contribution in [0.2, 0.25) is 0 Å². The first-order valence-electron chi connectivity index (χ1n) is 7.17. The first-order chi connectivity index (χ1) is 8.86. The van der Waals surface area contributed by atoms with Crippen molar-refractivity contribution in [1.82, 2.24) is 15.1 Å². The average Bonchev–Trinajstić information content (AvgIpc) is 2.69. The number of nitrogens with one attached hydrogen (secondary N) is 1. The summed E-state index contributed by atoms with van der Waals surface area (Å²) in [4.78, 5) is 12.2. The Balaban J connectivity index is 2.69. The Morgan fingerprint density at radius 2 is 1.89 bits per heavy atom. The molecular weight excluding hydrogens is 238 g/mol. The third-order valence-electron chi connectivity index (χ3n) is 3.70. The summed E-state index contributed by atoms with van der Waals surface area (Å²) in [6.07, 6.45) is 2.58. The molecule has 0 aliphatic heterocycles. The van der Waals surface area contributed by atoms with Gasteiger partial charge in [-0.15, -0.1) is 0 Å². The van der Waals surface area contributed by atoms with Crippen molar-refractivity contribution in [3.63, 3.8) is 0 Å². The van der Waals surface area contributed by atoms with Gasteiger partial charge in [-0.1, -0.05) is 34.6 Å². The minimum absolute atomic E-state index is 0.00347. The number of carbonyl (C=O) groups is 1. The fourth-order valence-electron chi connectivity index (χ4n) is 2.53. The normalized spacial score (nSPS) is 11.6. The zero-order valence-corrected chi connectivity index (χ0v) is 13.0. The minimum Gasteiger partial charge on any atom is -0.352 e. The van der Waals surface area contributed by atoms with Gasteiger partial charge in [0.05, 0.1) is 11.3 Å². The molecule has 0 aliphatic carbocycles. The Kier molecular flexibility index (Phi) is 5.58. The SMILES string of the molecule is CCc1nn(C)cc1C(=O)NCC(C(C)C)C(C)C. The lowest BCUT2D eigenvalue weighted by Crippen LogP contribution is -2.34.